The van der Waals surface area contributed by atoms with Crippen LogP contribution in [0, 0.1) is 31.6 Å². The maximum Gasteiger partial charge on any atom is 0.251 e. The molecule has 0 unspecified atom stereocenters. The number of benzene rings is 1. The van der Waals surface area contributed by atoms with Crippen LogP contribution in [-0.4, -0.2) is 18.2 Å². The summed E-state index contributed by atoms with van der Waals surface area (Å²) < 4.78 is 0. The molecule has 1 N–H and O–H groups in total. The van der Waals surface area contributed by atoms with E-state index in [1.54, 1.807) is 0 Å². The van der Waals surface area contributed by atoms with E-state index in [0.29, 0.717) is 17.6 Å². The van der Waals surface area contributed by atoms with Crippen molar-refractivity contribution in [3.63, 3.8) is 0 Å². The monoisotopic (exact) mass is 439 g/mol. The number of carbonyl (C=O) groups excluding carboxylic acids is 2. The zero-order chi connectivity index (χ0) is 22.8. The third-order valence-electron chi connectivity index (χ3n) is 7.85. The fraction of sp³-hybridized carbons (Fsp3) is 0.724. The lowest BCUT2D eigenvalue weighted by Crippen LogP contribution is -2.31. The van der Waals surface area contributed by atoms with Gasteiger partial charge in [-0.15, -0.1) is 0 Å². The number of nitrogens with one attached hydrogen (secondary N) is 1. The van der Waals surface area contributed by atoms with E-state index in [1.165, 1.54) is 70.6 Å². The maximum absolute atomic E-state index is 12.5. The van der Waals surface area contributed by atoms with Crippen LogP contribution in [0.3, 0.4) is 0 Å². The fourth-order valence-corrected chi connectivity index (χ4v) is 5.88. The molecule has 2 aliphatic carbocycles. The van der Waals surface area contributed by atoms with E-state index in [2.05, 4.69) is 11.4 Å². The number of hydrogen-bond donors (Lipinski definition) is 1. The molecule has 0 heterocycles. The van der Waals surface area contributed by atoms with Crippen molar-refractivity contribution in [3.05, 3.63) is 34.9 Å². The van der Waals surface area contributed by atoms with Gasteiger partial charge in [0.25, 0.3) is 5.91 Å². The van der Waals surface area contributed by atoms with Gasteiger partial charge in [-0.3, -0.25) is 9.59 Å². The summed E-state index contributed by atoms with van der Waals surface area (Å²) in [6.07, 6.45) is 18.5. The van der Waals surface area contributed by atoms with E-state index in [0.717, 1.165) is 54.8 Å². The van der Waals surface area contributed by atoms with Crippen LogP contribution in [0.4, 0.5) is 0 Å². The number of ketones is 1. The summed E-state index contributed by atoms with van der Waals surface area (Å²) in [6, 6.07) is 6.07. The number of unbranched alkanes of at least 4 members (excludes halogenated alkanes) is 4. The first kappa shape index (κ1) is 25.0. The summed E-state index contributed by atoms with van der Waals surface area (Å²) in [7, 11) is 0. The Morgan fingerprint density at radius 1 is 0.781 bits per heavy atom. The van der Waals surface area contributed by atoms with E-state index in [-0.39, 0.29) is 5.91 Å². The zero-order valence-electron chi connectivity index (χ0n) is 20.6. The maximum atomic E-state index is 12.5. The van der Waals surface area contributed by atoms with Gasteiger partial charge in [0.15, 0.2) is 0 Å². The molecule has 2 aliphatic rings. The Morgan fingerprint density at radius 3 is 2.06 bits per heavy atom. The summed E-state index contributed by atoms with van der Waals surface area (Å²) in [5, 5.41) is 3.17. The normalized spacial score (nSPS) is 21.6. The van der Waals surface area contributed by atoms with Gasteiger partial charge in [-0.25, -0.2) is 0 Å². The molecule has 178 valence electrons. The van der Waals surface area contributed by atoms with Gasteiger partial charge in [-0.05, 0) is 69.9 Å². The molecule has 2 saturated carbocycles. The molecule has 0 spiro atoms. The molecule has 1 aromatic rings. The Hall–Kier alpha value is -1.64. The van der Waals surface area contributed by atoms with Gasteiger partial charge in [-0.2, -0.15) is 0 Å². The minimum absolute atomic E-state index is 0.0730. The molecule has 3 rings (SSSR count). The van der Waals surface area contributed by atoms with E-state index >= 15 is 0 Å². The number of rotatable bonds is 12. The number of hydrogen-bond acceptors (Lipinski definition) is 2. The summed E-state index contributed by atoms with van der Waals surface area (Å²) in [5.74, 6) is 2.54. The fourth-order valence-electron chi connectivity index (χ4n) is 5.88. The first-order valence-electron chi connectivity index (χ1n) is 13.4. The largest absolute Gasteiger partial charge is 0.352 e. The highest BCUT2D eigenvalue weighted by Gasteiger charge is 2.22. The van der Waals surface area contributed by atoms with Crippen molar-refractivity contribution in [2.24, 2.45) is 17.8 Å². The van der Waals surface area contributed by atoms with Gasteiger partial charge >= 0.3 is 0 Å². The standard InChI is InChI=1S/C29H45NO2/c1-22-18-23(2)20-27(19-22)29(32)30-21-25-16-14-24(15-17-25)10-6-4-3-5-7-13-28(31)26-11-8-9-12-26/h18-20,24-26H,3-17,21H2,1-2H3,(H,30,32). The average Bonchev–Trinajstić information content (AvgIpc) is 3.32. The van der Waals surface area contributed by atoms with Gasteiger partial charge in [0.05, 0.1) is 0 Å². The van der Waals surface area contributed by atoms with Crippen molar-refractivity contribution in [1.82, 2.24) is 5.32 Å². The van der Waals surface area contributed by atoms with Crippen molar-refractivity contribution in [3.8, 4) is 0 Å². The van der Waals surface area contributed by atoms with E-state index in [4.69, 9.17) is 0 Å². The van der Waals surface area contributed by atoms with Gasteiger partial charge < -0.3 is 5.32 Å². The van der Waals surface area contributed by atoms with Crippen LogP contribution >= 0.6 is 0 Å². The predicted molar refractivity (Wildman–Crippen MR) is 133 cm³/mol. The van der Waals surface area contributed by atoms with Crippen LogP contribution in [0.15, 0.2) is 18.2 Å². The highest BCUT2D eigenvalue weighted by Crippen LogP contribution is 2.32. The zero-order valence-corrected chi connectivity index (χ0v) is 20.6. The van der Waals surface area contributed by atoms with Crippen molar-refractivity contribution in [2.45, 2.75) is 110 Å². The summed E-state index contributed by atoms with van der Waals surface area (Å²) >= 11 is 0. The lowest BCUT2D eigenvalue weighted by atomic mass is 9.79. The summed E-state index contributed by atoms with van der Waals surface area (Å²) in [5.41, 5.74) is 3.08. The Balaban J connectivity index is 1.19. The third kappa shape index (κ3) is 8.37. The highest BCUT2D eigenvalue weighted by atomic mass is 16.1. The quantitative estimate of drug-likeness (QED) is 0.347. The third-order valence-corrected chi connectivity index (χ3v) is 7.85. The number of carbonyl (C=O) groups is 2. The summed E-state index contributed by atoms with van der Waals surface area (Å²) in [4.78, 5) is 24.6. The molecule has 1 aromatic carbocycles. The van der Waals surface area contributed by atoms with E-state index in [9.17, 15) is 9.59 Å². The van der Waals surface area contributed by atoms with Crippen LogP contribution in [0.5, 0.6) is 0 Å². The van der Waals surface area contributed by atoms with Gasteiger partial charge in [0, 0.05) is 24.4 Å². The Kier molecular flexibility index (Phi) is 10.3. The molecule has 3 nitrogen and oxygen atoms in total. The van der Waals surface area contributed by atoms with Crippen LogP contribution < -0.4 is 5.32 Å². The number of aryl methyl sites for hydroxylation is 2. The molecule has 0 saturated heterocycles. The van der Waals surface area contributed by atoms with Crippen LogP contribution in [0.1, 0.15) is 118 Å². The van der Waals surface area contributed by atoms with Crippen LogP contribution in [0.25, 0.3) is 0 Å². The second-order valence-electron chi connectivity index (χ2n) is 10.7. The second-order valence-corrected chi connectivity index (χ2v) is 10.7. The predicted octanol–water partition coefficient (Wildman–Crippen LogP) is 7.33. The first-order valence-corrected chi connectivity index (χ1v) is 13.4. The number of amides is 1. The minimum atomic E-state index is 0.0730. The van der Waals surface area contributed by atoms with Crippen molar-refractivity contribution in [2.75, 3.05) is 6.54 Å². The lowest BCUT2D eigenvalue weighted by molar-refractivity contribution is -0.122. The lowest BCUT2D eigenvalue weighted by Gasteiger charge is -2.28. The topological polar surface area (TPSA) is 46.2 Å². The molecule has 32 heavy (non-hydrogen) atoms. The highest BCUT2D eigenvalue weighted by molar-refractivity contribution is 5.94. The molecule has 2 fully saturated rings. The minimum Gasteiger partial charge on any atom is -0.352 e. The molecular formula is C29H45NO2. The molecule has 0 atom stereocenters. The van der Waals surface area contributed by atoms with Crippen molar-refractivity contribution >= 4 is 11.7 Å². The Bertz CT molecular complexity index is 706. The van der Waals surface area contributed by atoms with Crippen LogP contribution in [-0.2, 0) is 4.79 Å². The number of Topliss-reactive ketones (excluding diaryl/α,β-unsaturated/α-hetero) is 1. The van der Waals surface area contributed by atoms with Crippen molar-refractivity contribution in [1.29, 1.82) is 0 Å². The van der Waals surface area contributed by atoms with Crippen molar-refractivity contribution < 1.29 is 9.59 Å². The first-order chi connectivity index (χ1) is 15.5. The molecule has 1 amide bonds. The SMILES string of the molecule is Cc1cc(C)cc(C(=O)NCC2CCC(CCCCCCCC(=O)C3CCCC3)CC2)c1. The molecule has 0 radical (unpaired) electrons. The Morgan fingerprint density at radius 2 is 1.38 bits per heavy atom. The van der Waals surface area contributed by atoms with Gasteiger partial charge in [-0.1, -0.05) is 75.0 Å². The molecule has 0 aromatic heterocycles. The van der Waals surface area contributed by atoms with Gasteiger partial charge in [0.1, 0.15) is 5.78 Å². The van der Waals surface area contributed by atoms with E-state index in [1.807, 2.05) is 26.0 Å². The van der Waals surface area contributed by atoms with E-state index < -0.39 is 0 Å². The Labute approximate surface area is 196 Å². The average molecular weight is 440 g/mol. The van der Waals surface area contributed by atoms with Gasteiger partial charge in [0.2, 0.25) is 0 Å². The van der Waals surface area contributed by atoms with Crippen LogP contribution in [0.2, 0.25) is 0 Å². The molecule has 3 heteroatoms. The second kappa shape index (κ2) is 13.2. The summed E-state index contributed by atoms with van der Waals surface area (Å²) in [6.45, 7) is 4.91. The molecular weight excluding hydrogens is 394 g/mol. The molecule has 0 aliphatic heterocycles. The smallest absolute Gasteiger partial charge is 0.251 e. The molecule has 0 bridgehead atoms.